The van der Waals surface area contributed by atoms with E-state index < -0.39 is 0 Å². The number of carbonyl (C=O) groups is 2. The highest BCUT2D eigenvalue weighted by Gasteiger charge is 2.07. The summed E-state index contributed by atoms with van der Waals surface area (Å²) >= 11 is 0. The summed E-state index contributed by atoms with van der Waals surface area (Å²) in [6.07, 6.45) is 4.60. The monoisotopic (exact) mass is 427 g/mol. The number of carbonyl (C=O) groups excluding carboxylic acids is 2. The van der Waals surface area contributed by atoms with Crippen LogP contribution in [0.1, 0.15) is 43.0 Å². The molecular weight excluding hydrogens is 394 g/mol. The van der Waals surface area contributed by atoms with Gasteiger partial charge in [-0.15, -0.1) is 0 Å². The summed E-state index contributed by atoms with van der Waals surface area (Å²) in [5, 5.41) is 8.68. The molecule has 168 valence electrons. The molecule has 2 rings (SSSR count). The summed E-state index contributed by atoms with van der Waals surface area (Å²) in [5.74, 6) is 0.376. The Morgan fingerprint density at radius 3 is 2.55 bits per heavy atom. The number of benzene rings is 2. The number of amides is 2. The van der Waals surface area contributed by atoms with Gasteiger partial charge in [-0.1, -0.05) is 38.3 Å². The first-order chi connectivity index (χ1) is 15.1. The number of methoxy groups -OCH3 is 1. The zero-order valence-corrected chi connectivity index (χ0v) is 18.4. The molecule has 2 aromatic rings. The molecule has 2 amide bonds. The third kappa shape index (κ3) is 9.53. The average Bonchev–Trinajstić information content (AvgIpc) is 2.78. The fourth-order valence-corrected chi connectivity index (χ4v) is 2.91. The van der Waals surface area contributed by atoms with Crippen molar-refractivity contribution in [1.29, 1.82) is 0 Å². The van der Waals surface area contributed by atoms with Gasteiger partial charge in [-0.05, 0) is 36.8 Å². The molecule has 0 saturated carbocycles. The van der Waals surface area contributed by atoms with Crippen LogP contribution in [0.25, 0.3) is 0 Å². The van der Waals surface area contributed by atoms with E-state index in [1.54, 1.807) is 25.3 Å². The number of anilines is 2. The second kappa shape index (κ2) is 14.0. The molecule has 0 fully saturated rings. The zero-order chi connectivity index (χ0) is 22.3. The molecule has 7 nitrogen and oxygen atoms in total. The predicted molar refractivity (Wildman–Crippen MR) is 124 cm³/mol. The van der Waals surface area contributed by atoms with E-state index in [0.29, 0.717) is 36.7 Å². The summed E-state index contributed by atoms with van der Waals surface area (Å²) < 4.78 is 10.7. The highest BCUT2D eigenvalue weighted by molar-refractivity contribution is 5.96. The highest BCUT2D eigenvalue weighted by Crippen LogP contribution is 2.18. The van der Waals surface area contributed by atoms with Crippen molar-refractivity contribution in [2.24, 2.45) is 0 Å². The molecule has 0 aliphatic rings. The van der Waals surface area contributed by atoms with Crippen LogP contribution >= 0.6 is 0 Å². The van der Waals surface area contributed by atoms with Crippen LogP contribution in [0.15, 0.2) is 48.5 Å². The Kier molecular flexibility index (Phi) is 11.0. The number of hydrogen-bond donors (Lipinski definition) is 3. The van der Waals surface area contributed by atoms with Gasteiger partial charge in [-0.25, -0.2) is 0 Å². The van der Waals surface area contributed by atoms with E-state index in [1.807, 2.05) is 30.3 Å². The van der Waals surface area contributed by atoms with E-state index in [0.717, 1.165) is 18.6 Å². The molecular formula is C24H33N3O4. The molecule has 0 atom stereocenters. The first-order valence-electron chi connectivity index (χ1n) is 10.8. The van der Waals surface area contributed by atoms with Crippen molar-refractivity contribution in [1.82, 2.24) is 5.32 Å². The van der Waals surface area contributed by atoms with Crippen molar-refractivity contribution in [2.45, 2.75) is 32.6 Å². The molecule has 3 N–H and O–H groups in total. The van der Waals surface area contributed by atoms with E-state index in [-0.39, 0.29) is 18.4 Å². The number of hydrogen-bond acceptors (Lipinski definition) is 5. The average molecular weight is 428 g/mol. The lowest BCUT2D eigenvalue weighted by Crippen LogP contribution is -2.27. The first-order valence-corrected chi connectivity index (χ1v) is 10.8. The second-order valence-corrected chi connectivity index (χ2v) is 7.17. The van der Waals surface area contributed by atoms with Crippen molar-refractivity contribution in [3.63, 3.8) is 0 Å². The maximum absolute atomic E-state index is 12.3. The van der Waals surface area contributed by atoms with Gasteiger partial charge in [0, 0.05) is 36.7 Å². The normalized spacial score (nSPS) is 10.4. The fourth-order valence-electron chi connectivity index (χ4n) is 2.91. The van der Waals surface area contributed by atoms with Crippen LogP contribution in [0.5, 0.6) is 5.75 Å². The minimum absolute atomic E-state index is 0.0802. The van der Waals surface area contributed by atoms with Gasteiger partial charge in [-0.2, -0.15) is 0 Å². The quantitative estimate of drug-likeness (QED) is 0.396. The summed E-state index contributed by atoms with van der Waals surface area (Å²) in [4.78, 5) is 24.4. The van der Waals surface area contributed by atoms with Crippen LogP contribution in [0.3, 0.4) is 0 Å². The maximum atomic E-state index is 12.3. The smallest absolute Gasteiger partial charge is 0.251 e. The van der Waals surface area contributed by atoms with Gasteiger partial charge in [-0.3, -0.25) is 9.59 Å². The van der Waals surface area contributed by atoms with Crippen molar-refractivity contribution >= 4 is 23.2 Å². The summed E-state index contributed by atoms with van der Waals surface area (Å²) in [6.45, 7) is 3.83. The minimum Gasteiger partial charge on any atom is -0.494 e. The Balaban J connectivity index is 1.79. The third-order valence-electron chi connectivity index (χ3n) is 4.55. The minimum atomic E-state index is -0.185. The van der Waals surface area contributed by atoms with Gasteiger partial charge < -0.3 is 25.4 Å². The molecule has 7 heteroatoms. The van der Waals surface area contributed by atoms with Crippen LogP contribution in [-0.2, 0) is 9.53 Å². The molecule has 0 unspecified atom stereocenters. The van der Waals surface area contributed by atoms with Crippen LogP contribution < -0.4 is 20.7 Å². The number of rotatable bonds is 14. The molecule has 0 heterocycles. The van der Waals surface area contributed by atoms with E-state index in [2.05, 4.69) is 22.9 Å². The van der Waals surface area contributed by atoms with Gasteiger partial charge in [0.25, 0.3) is 5.91 Å². The van der Waals surface area contributed by atoms with E-state index in [4.69, 9.17) is 9.47 Å². The lowest BCUT2D eigenvalue weighted by Gasteiger charge is -2.11. The largest absolute Gasteiger partial charge is 0.494 e. The summed E-state index contributed by atoms with van der Waals surface area (Å²) in [5.41, 5.74) is 1.90. The van der Waals surface area contributed by atoms with Crippen molar-refractivity contribution in [2.75, 3.05) is 44.0 Å². The van der Waals surface area contributed by atoms with Gasteiger partial charge >= 0.3 is 0 Å². The van der Waals surface area contributed by atoms with Gasteiger partial charge in [0.15, 0.2) is 0 Å². The molecule has 0 aromatic heterocycles. The standard InChI is InChI=1S/C24H33N3O4/c1-3-4-5-6-14-31-22-12-8-11-21(17-22)27-23(28)18-26-20-10-7-9-19(16-20)24(29)25-13-15-30-2/h7-12,16-17,26H,3-6,13-15,18H2,1-2H3,(H,25,29)(H,27,28). The molecule has 2 aromatic carbocycles. The van der Waals surface area contributed by atoms with E-state index >= 15 is 0 Å². The lowest BCUT2D eigenvalue weighted by molar-refractivity contribution is -0.114. The molecule has 31 heavy (non-hydrogen) atoms. The second-order valence-electron chi connectivity index (χ2n) is 7.17. The SMILES string of the molecule is CCCCCCOc1cccc(NC(=O)CNc2cccc(C(=O)NCCOC)c2)c1. The van der Waals surface area contributed by atoms with E-state index in [9.17, 15) is 9.59 Å². The van der Waals surface area contributed by atoms with Crippen LogP contribution in [0.4, 0.5) is 11.4 Å². The maximum Gasteiger partial charge on any atom is 0.251 e. The van der Waals surface area contributed by atoms with Gasteiger partial charge in [0.05, 0.1) is 19.8 Å². The number of unbranched alkanes of at least 4 members (excludes halogenated alkanes) is 3. The predicted octanol–water partition coefficient (Wildman–Crippen LogP) is 4.07. The molecule has 0 bridgehead atoms. The van der Waals surface area contributed by atoms with Crippen LogP contribution in [0, 0.1) is 0 Å². The third-order valence-corrected chi connectivity index (χ3v) is 4.55. The lowest BCUT2D eigenvalue weighted by atomic mass is 10.2. The van der Waals surface area contributed by atoms with Crippen molar-refractivity contribution in [3.05, 3.63) is 54.1 Å². The van der Waals surface area contributed by atoms with Crippen molar-refractivity contribution in [3.8, 4) is 5.75 Å². The summed E-state index contributed by atoms with van der Waals surface area (Å²) in [7, 11) is 1.58. The van der Waals surface area contributed by atoms with E-state index in [1.165, 1.54) is 12.8 Å². The molecule has 0 spiro atoms. The molecule has 0 saturated heterocycles. The Bertz CT molecular complexity index is 826. The van der Waals surface area contributed by atoms with Gasteiger partial charge in [0.2, 0.25) is 5.91 Å². The zero-order valence-electron chi connectivity index (χ0n) is 18.4. The Labute approximate surface area is 184 Å². The topological polar surface area (TPSA) is 88.7 Å². The number of nitrogens with one attached hydrogen (secondary N) is 3. The summed E-state index contributed by atoms with van der Waals surface area (Å²) in [6, 6.07) is 14.4. The Morgan fingerprint density at radius 2 is 1.74 bits per heavy atom. The highest BCUT2D eigenvalue weighted by atomic mass is 16.5. The van der Waals surface area contributed by atoms with Crippen molar-refractivity contribution < 1.29 is 19.1 Å². The molecule has 0 aliphatic carbocycles. The Morgan fingerprint density at radius 1 is 0.935 bits per heavy atom. The fraction of sp³-hybridized carbons (Fsp3) is 0.417. The van der Waals surface area contributed by atoms with Crippen LogP contribution in [-0.4, -0.2) is 45.2 Å². The van der Waals surface area contributed by atoms with Crippen LogP contribution in [0.2, 0.25) is 0 Å². The molecule has 0 radical (unpaired) electrons. The Hall–Kier alpha value is -3.06. The molecule has 0 aliphatic heterocycles. The number of ether oxygens (including phenoxy) is 2. The first kappa shape index (κ1) is 24.2. The van der Waals surface area contributed by atoms with Gasteiger partial charge in [0.1, 0.15) is 5.75 Å².